The third-order valence-electron chi connectivity index (χ3n) is 5.00. The minimum atomic E-state index is -0.0972. The van der Waals surface area contributed by atoms with E-state index in [4.69, 9.17) is 14.7 Å². The molecule has 0 atom stereocenters. The number of benzene rings is 2. The minimum absolute atomic E-state index is 0.0972. The molecule has 0 unspecified atom stereocenters. The molecule has 0 fully saturated rings. The Labute approximate surface area is 194 Å². The Bertz CT molecular complexity index is 1010. The normalized spacial score (nSPS) is 10.7. The summed E-state index contributed by atoms with van der Waals surface area (Å²) in [5.74, 6) is 1.51. The van der Waals surface area contributed by atoms with Gasteiger partial charge in [0.1, 0.15) is 5.82 Å². The number of hydrogen-bond acceptors (Lipinski definition) is 6. The maximum Gasteiger partial charge on any atom is 0.251 e. The van der Waals surface area contributed by atoms with E-state index in [0.717, 1.165) is 40.9 Å². The summed E-state index contributed by atoms with van der Waals surface area (Å²) >= 11 is 1.58. The van der Waals surface area contributed by atoms with Crippen LogP contribution in [0.2, 0.25) is 0 Å². The Balaban J connectivity index is 1.79. The third kappa shape index (κ3) is 6.55. The van der Waals surface area contributed by atoms with Gasteiger partial charge in [0.2, 0.25) is 0 Å². The van der Waals surface area contributed by atoms with Crippen LogP contribution in [0.5, 0.6) is 0 Å². The molecular formula is C25H30N4O2S. The van der Waals surface area contributed by atoms with Crippen molar-refractivity contribution in [2.75, 3.05) is 38.3 Å². The van der Waals surface area contributed by atoms with Crippen molar-refractivity contribution in [1.29, 1.82) is 0 Å². The number of nitrogens with zero attached hydrogens (tertiary/aromatic N) is 3. The first-order valence-corrected chi connectivity index (χ1v) is 11.8. The van der Waals surface area contributed by atoms with E-state index in [0.29, 0.717) is 24.5 Å². The van der Waals surface area contributed by atoms with Crippen LogP contribution in [0.3, 0.4) is 0 Å². The molecule has 0 aliphatic heterocycles. The quantitative estimate of drug-likeness (QED) is 0.260. The standard InChI is InChI=1S/C25H30N4O2S/c1-4-29(5-2)23-17-22(20-11-7-6-8-12-20)27-25(28-23)32-18-19-10-9-13-21(16-19)24(30)26-14-15-31-3/h6-13,16-17H,4-5,14-15,18H2,1-3H3,(H,26,30). The highest BCUT2D eigenvalue weighted by Crippen LogP contribution is 2.27. The van der Waals surface area contributed by atoms with E-state index in [1.165, 1.54) is 0 Å². The number of thioether (sulfide) groups is 1. The van der Waals surface area contributed by atoms with E-state index in [2.05, 4.69) is 42.3 Å². The lowest BCUT2D eigenvalue weighted by Gasteiger charge is -2.21. The number of carbonyl (C=O) groups is 1. The fraction of sp³-hybridized carbons (Fsp3) is 0.320. The first-order chi connectivity index (χ1) is 15.6. The van der Waals surface area contributed by atoms with E-state index < -0.39 is 0 Å². The number of amides is 1. The summed E-state index contributed by atoms with van der Waals surface area (Å²) in [5, 5.41) is 3.58. The van der Waals surface area contributed by atoms with Gasteiger partial charge in [-0.3, -0.25) is 4.79 Å². The fourth-order valence-electron chi connectivity index (χ4n) is 3.26. The maximum absolute atomic E-state index is 12.3. The highest BCUT2D eigenvalue weighted by molar-refractivity contribution is 7.98. The predicted molar refractivity (Wildman–Crippen MR) is 131 cm³/mol. The first-order valence-electron chi connectivity index (χ1n) is 10.8. The zero-order valence-corrected chi connectivity index (χ0v) is 19.7. The molecule has 0 aliphatic rings. The molecule has 1 aromatic heterocycles. The second-order valence-electron chi connectivity index (χ2n) is 7.17. The smallest absolute Gasteiger partial charge is 0.251 e. The van der Waals surface area contributed by atoms with Gasteiger partial charge in [-0.05, 0) is 31.5 Å². The Morgan fingerprint density at radius 3 is 2.53 bits per heavy atom. The third-order valence-corrected chi connectivity index (χ3v) is 5.92. The van der Waals surface area contributed by atoms with Crippen LogP contribution >= 0.6 is 11.8 Å². The van der Waals surface area contributed by atoms with Crippen molar-refractivity contribution >= 4 is 23.5 Å². The predicted octanol–water partition coefficient (Wildman–Crippen LogP) is 4.66. The maximum atomic E-state index is 12.3. The molecule has 0 saturated carbocycles. The molecule has 0 bridgehead atoms. The topological polar surface area (TPSA) is 67.4 Å². The van der Waals surface area contributed by atoms with Crippen LogP contribution in [0.15, 0.2) is 65.8 Å². The lowest BCUT2D eigenvalue weighted by atomic mass is 10.1. The van der Waals surface area contributed by atoms with E-state index >= 15 is 0 Å². The molecule has 0 aliphatic carbocycles. The van der Waals surface area contributed by atoms with Crippen LogP contribution < -0.4 is 10.2 Å². The van der Waals surface area contributed by atoms with Gasteiger partial charge >= 0.3 is 0 Å². The highest BCUT2D eigenvalue weighted by Gasteiger charge is 2.12. The number of aromatic nitrogens is 2. The summed E-state index contributed by atoms with van der Waals surface area (Å²) in [7, 11) is 1.62. The molecule has 2 aromatic carbocycles. The fourth-order valence-corrected chi connectivity index (χ4v) is 4.06. The van der Waals surface area contributed by atoms with Crippen molar-refractivity contribution in [3.05, 3.63) is 71.8 Å². The summed E-state index contributed by atoms with van der Waals surface area (Å²) < 4.78 is 4.99. The Kier molecular flexibility index (Phi) is 9.07. The van der Waals surface area contributed by atoms with Crippen LogP contribution in [-0.2, 0) is 10.5 Å². The van der Waals surface area contributed by atoms with Gasteiger partial charge in [-0.15, -0.1) is 0 Å². The molecule has 168 valence electrons. The first kappa shape index (κ1) is 23.8. The molecule has 0 saturated heterocycles. The molecule has 0 radical (unpaired) electrons. The second kappa shape index (κ2) is 12.2. The summed E-state index contributed by atoms with van der Waals surface area (Å²) in [6.07, 6.45) is 0. The lowest BCUT2D eigenvalue weighted by molar-refractivity contribution is 0.0937. The molecule has 7 heteroatoms. The molecular weight excluding hydrogens is 420 g/mol. The van der Waals surface area contributed by atoms with Gasteiger partial charge in [0.05, 0.1) is 12.3 Å². The molecule has 0 spiro atoms. The molecule has 1 N–H and O–H groups in total. The zero-order chi connectivity index (χ0) is 22.8. The SMILES string of the molecule is CCN(CC)c1cc(-c2ccccc2)nc(SCc2cccc(C(=O)NCCOC)c2)n1. The van der Waals surface area contributed by atoms with E-state index in [-0.39, 0.29) is 5.91 Å². The zero-order valence-electron chi connectivity index (χ0n) is 18.9. The Morgan fingerprint density at radius 1 is 1.03 bits per heavy atom. The van der Waals surface area contributed by atoms with Crippen molar-refractivity contribution in [2.45, 2.75) is 24.8 Å². The summed E-state index contributed by atoms with van der Waals surface area (Å²) in [5.41, 5.74) is 3.67. The molecule has 3 rings (SSSR count). The van der Waals surface area contributed by atoms with Gasteiger partial charge in [0.15, 0.2) is 5.16 Å². The number of nitrogens with one attached hydrogen (secondary N) is 1. The molecule has 1 amide bonds. The van der Waals surface area contributed by atoms with Crippen LogP contribution in [0.1, 0.15) is 29.8 Å². The Hall–Kier alpha value is -2.90. The number of methoxy groups -OCH3 is 1. The summed E-state index contributed by atoms with van der Waals surface area (Å²) in [6.45, 7) is 7.00. The molecule has 6 nitrogen and oxygen atoms in total. The average molecular weight is 451 g/mol. The van der Waals surface area contributed by atoms with Crippen molar-refractivity contribution in [3.63, 3.8) is 0 Å². The van der Waals surface area contributed by atoms with E-state index in [9.17, 15) is 4.79 Å². The van der Waals surface area contributed by atoms with Crippen molar-refractivity contribution in [1.82, 2.24) is 15.3 Å². The molecule has 32 heavy (non-hydrogen) atoms. The lowest BCUT2D eigenvalue weighted by Crippen LogP contribution is -2.26. The second-order valence-corrected chi connectivity index (χ2v) is 8.11. The number of anilines is 1. The van der Waals surface area contributed by atoms with Crippen LogP contribution in [0, 0.1) is 0 Å². The molecule has 1 heterocycles. The van der Waals surface area contributed by atoms with Crippen LogP contribution in [0.4, 0.5) is 5.82 Å². The highest BCUT2D eigenvalue weighted by atomic mass is 32.2. The monoisotopic (exact) mass is 450 g/mol. The van der Waals surface area contributed by atoms with Gasteiger partial charge in [0.25, 0.3) is 5.91 Å². The van der Waals surface area contributed by atoms with Crippen molar-refractivity contribution in [3.8, 4) is 11.3 Å². The van der Waals surface area contributed by atoms with Crippen molar-refractivity contribution < 1.29 is 9.53 Å². The number of rotatable bonds is 11. The van der Waals surface area contributed by atoms with Crippen LogP contribution in [0.25, 0.3) is 11.3 Å². The van der Waals surface area contributed by atoms with Crippen LogP contribution in [-0.4, -0.2) is 49.2 Å². The number of ether oxygens (including phenoxy) is 1. The van der Waals surface area contributed by atoms with Gasteiger partial charge in [-0.25, -0.2) is 9.97 Å². The van der Waals surface area contributed by atoms with Gasteiger partial charge in [-0.2, -0.15) is 0 Å². The molecule has 3 aromatic rings. The minimum Gasteiger partial charge on any atom is -0.383 e. The van der Waals surface area contributed by atoms with Crippen molar-refractivity contribution in [2.24, 2.45) is 0 Å². The number of hydrogen-bond donors (Lipinski definition) is 1. The Morgan fingerprint density at radius 2 is 1.81 bits per heavy atom. The largest absolute Gasteiger partial charge is 0.383 e. The van der Waals surface area contributed by atoms with E-state index in [1.807, 2.05) is 42.5 Å². The summed E-state index contributed by atoms with van der Waals surface area (Å²) in [6, 6.07) is 19.9. The van der Waals surface area contributed by atoms with Gasteiger partial charge < -0.3 is 15.0 Å². The van der Waals surface area contributed by atoms with E-state index in [1.54, 1.807) is 18.9 Å². The number of carbonyl (C=O) groups excluding carboxylic acids is 1. The van der Waals surface area contributed by atoms with Gasteiger partial charge in [-0.1, -0.05) is 54.2 Å². The van der Waals surface area contributed by atoms with Gasteiger partial charge in [0, 0.05) is 49.7 Å². The average Bonchev–Trinajstić information content (AvgIpc) is 2.84. The summed E-state index contributed by atoms with van der Waals surface area (Å²) in [4.78, 5) is 24.2.